The third-order valence-electron chi connectivity index (χ3n) is 11.8. The normalized spacial score (nSPS) is 12.8. The Labute approximate surface area is 337 Å². The maximum absolute atomic E-state index is 6.51. The molecule has 1 aliphatic rings. The molecule has 0 spiro atoms. The fourth-order valence-corrected chi connectivity index (χ4v) is 8.91. The van der Waals surface area contributed by atoms with E-state index in [0.29, 0.717) is 17.5 Å². The first-order valence-corrected chi connectivity index (χ1v) is 19.8. The minimum atomic E-state index is -0.0395. The van der Waals surface area contributed by atoms with Gasteiger partial charge in [-0.2, -0.15) is 0 Å². The average molecular weight is 744 g/mol. The molecule has 10 aromatic rings. The number of aromatic nitrogens is 3. The van der Waals surface area contributed by atoms with E-state index in [1.807, 2.05) is 54.6 Å². The van der Waals surface area contributed by atoms with Crippen molar-refractivity contribution in [2.24, 2.45) is 0 Å². The lowest BCUT2D eigenvalue weighted by Crippen LogP contribution is -2.14. The number of rotatable bonds is 6. The molecule has 11 rings (SSSR count). The van der Waals surface area contributed by atoms with Crippen LogP contribution in [0.25, 0.3) is 101 Å². The van der Waals surface area contributed by atoms with Crippen LogP contribution in [0.5, 0.6) is 0 Å². The van der Waals surface area contributed by atoms with Gasteiger partial charge in [0.05, 0.1) is 0 Å². The number of fused-ring (bicyclic) bond motifs is 6. The highest BCUT2D eigenvalue weighted by Gasteiger charge is 2.36. The van der Waals surface area contributed by atoms with E-state index in [1.54, 1.807) is 0 Å². The van der Waals surface area contributed by atoms with E-state index in [9.17, 15) is 0 Å². The molecule has 0 saturated carbocycles. The van der Waals surface area contributed by atoms with E-state index in [2.05, 4.69) is 147 Å². The third kappa shape index (κ3) is 5.48. The summed E-state index contributed by atoms with van der Waals surface area (Å²) in [4.78, 5) is 15.5. The summed E-state index contributed by atoms with van der Waals surface area (Å²) >= 11 is 0. The van der Waals surface area contributed by atoms with Gasteiger partial charge >= 0.3 is 0 Å². The van der Waals surface area contributed by atoms with E-state index in [0.717, 1.165) is 60.9 Å². The zero-order valence-electron chi connectivity index (χ0n) is 32.1. The van der Waals surface area contributed by atoms with Gasteiger partial charge in [0.15, 0.2) is 17.5 Å². The van der Waals surface area contributed by atoms with Crippen LogP contribution in [0.2, 0.25) is 0 Å². The van der Waals surface area contributed by atoms with E-state index < -0.39 is 0 Å². The molecule has 0 N–H and O–H groups in total. The summed E-state index contributed by atoms with van der Waals surface area (Å²) in [6.45, 7) is 4.66. The molecule has 2 aromatic heterocycles. The maximum atomic E-state index is 6.51. The van der Waals surface area contributed by atoms with Gasteiger partial charge in [0.2, 0.25) is 0 Å². The van der Waals surface area contributed by atoms with Crippen molar-refractivity contribution >= 4 is 21.9 Å². The topological polar surface area (TPSA) is 51.8 Å². The molecule has 58 heavy (non-hydrogen) atoms. The highest BCUT2D eigenvalue weighted by Crippen LogP contribution is 2.52. The molecule has 1 aliphatic carbocycles. The van der Waals surface area contributed by atoms with Gasteiger partial charge in [-0.1, -0.05) is 184 Å². The van der Waals surface area contributed by atoms with Gasteiger partial charge < -0.3 is 4.42 Å². The van der Waals surface area contributed by atoms with Gasteiger partial charge in [-0.25, -0.2) is 15.0 Å². The zero-order chi connectivity index (χ0) is 38.8. The molecule has 4 heteroatoms. The van der Waals surface area contributed by atoms with Gasteiger partial charge in [-0.3, -0.25) is 0 Å². The van der Waals surface area contributed by atoms with E-state index in [-0.39, 0.29) is 5.41 Å². The van der Waals surface area contributed by atoms with E-state index >= 15 is 0 Å². The summed E-state index contributed by atoms with van der Waals surface area (Å²) in [5.74, 6) is 1.82. The Morgan fingerprint density at radius 1 is 0.362 bits per heavy atom. The molecule has 0 fully saturated rings. The molecular weight excluding hydrogens is 707 g/mol. The molecule has 0 amide bonds. The standard InChI is InChI=1S/C54H37N3O/c1-54(2)45-24-12-11-21-42(45)49-40(22-13-25-46(49)54)36-29-27-34(28-30-36)38-31-32-47-44(33-38)50-43(23-14-26-48(50)58-47)53-56-51(37-17-7-4-8-18-37)55-52(57-53)41-20-10-9-19-39(41)35-15-5-3-6-16-35/h3-33H,1-2H3. The van der Waals surface area contributed by atoms with Crippen molar-refractivity contribution in [2.45, 2.75) is 19.3 Å². The lowest BCUT2D eigenvalue weighted by Gasteiger charge is -2.21. The molecule has 0 aliphatic heterocycles. The predicted octanol–water partition coefficient (Wildman–Crippen LogP) is 14.1. The van der Waals surface area contributed by atoms with Crippen LogP contribution in [0.1, 0.15) is 25.0 Å². The van der Waals surface area contributed by atoms with Crippen LogP contribution in [0.3, 0.4) is 0 Å². The minimum Gasteiger partial charge on any atom is -0.456 e. The second-order valence-electron chi connectivity index (χ2n) is 15.6. The molecule has 4 nitrogen and oxygen atoms in total. The monoisotopic (exact) mass is 743 g/mol. The molecule has 0 saturated heterocycles. The van der Waals surface area contributed by atoms with Crippen LogP contribution in [0.15, 0.2) is 192 Å². The van der Waals surface area contributed by atoms with Gasteiger partial charge in [0, 0.05) is 32.9 Å². The lowest BCUT2D eigenvalue weighted by molar-refractivity contribution is 0.660. The summed E-state index contributed by atoms with van der Waals surface area (Å²) in [5.41, 5.74) is 16.6. The smallest absolute Gasteiger partial charge is 0.164 e. The van der Waals surface area contributed by atoms with Gasteiger partial charge in [-0.05, 0) is 73.8 Å². The second kappa shape index (κ2) is 13.4. The fraction of sp³-hybridized carbons (Fsp3) is 0.0556. The fourth-order valence-electron chi connectivity index (χ4n) is 8.91. The molecule has 8 aromatic carbocycles. The van der Waals surface area contributed by atoms with Crippen LogP contribution in [-0.2, 0) is 5.41 Å². The molecule has 0 atom stereocenters. The Balaban J connectivity index is 1.03. The largest absolute Gasteiger partial charge is 0.456 e. The van der Waals surface area contributed by atoms with Crippen LogP contribution < -0.4 is 0 Å². The molecule has 0 bridgehead atoms. The first kappa shape index (κ1) is 33.9. The Kier molecular flexibility index (Phi) is 7.80. The average Bonchev–Trinajstić information content (AvgIpc) is 3.78. The quantitative estimate of drug-likeness (QED) is 0.170. The van der Waals surface area contributed by atoms with Crippen molar-refractivity contribution in [3.63, 3.8) is 0 Å². The van der Waals surface area contributed by atoms with E-state index in [1.165, 1.54) is 33.4 Å². The molecule has 0 radical (unpaired) electrons. The maximum Gasteiger partial charge on any atom is 0.164 e. The van der Waals surface area contributed by atoms with Gasteiger partial charge in [-0.15, -0.1) is 0 Å². The summed E-state index contributed by atoms with van der Waals surface area (Å²) in [6.07, 6.45) is 0. The molecule has 2 heterocycles. The highest BCUT2D eigenvalue weighted by atomic mass is 16.3. The number of furan rings is 1. The lowest BCUT2D eigenvalue weighted by atomic mass is 9.82. The third-order valence-corrected chi connectivity index (χ3v) is 11.8. The van der Waals surface area contributed by atoms with E-state index in [4.69, 9.17) is 19.4 Å². The molecule has 0 unspecified atom stereocenters. The second-order valence-corrected chi connectivity index (χ2v) is 15.6. The van der Waals surface area contributed by atoms with Crippen LogP contribution in [0.4, 0.5) is 0 Å². The minimum absolute atomic E-state index is 0.0395. The zero-order valence-corrected chi connectivity index (χ0v) is 32.1. The number of hydrogen-bond acceptors (Lipinski definition) is 4. The summed E-state index contributed by atoms with van der Waals surface area (Å²) in [7, 11) is 0. The predicted molar refractivity (Wildman–Crippen MR) is 237 cm³/mol. The first-order chi connectivity index (χ1) is 28.5. The van der Waals surface area contributed by atoms with Gasteiger partial charge in [0.1, 0.15) is 11.2 Å². The Morgan fingerprint density at radius 3 is 1.67 bits per heavy atom. The van der Waals surface area contributed by atoms with Crippen molar-refractivity contribution in [3.05, 3.63) is 199 Å². The van der Waals surface area contributed by atoms with Crippen molar-refractivity contribution in [2.75, 3.05) is 0 Å². The van der Waals surface area contributed by atoms with Crippen molar-refractivity contribution in [3.8, 4) is 78.7 Å². The van der Waals surface area contributed by atoms with Crippen molar-refractivity contribution < 1.29 is 4.42 Å². The first-order valence-electron chi connectivity index (χ1n) is 19.8. The molecular formula is C54H37N3O. The summed E-state index contributed by atoms with van der Waals surface area (Å²) < 4.78 is 6.51. The Morgan fingerprint density at radius 2 is 0.897 bits per heavy atom. The number of hydrogen-bond donors (Lipinski definition) is 0. The Hall–Kier alpha value is -7.43. The van der Waals surface area contributed by atoms with Crippen molar-refractivity contribution in [1.29, 1.82) is 0 Å². The van der Waals surface area contributed by atoms with Crippen LogP contribution in [-0.4, -0.2) is 15.0 Å². The summed E-state index contributed by atoms with van der Waals surface area (Å²) in [5, 5.41) is 1.99. The Bertz CT molecular complexity index is 3180. The number of nitrogens with zero attached hydrogens (tertiary/aromatic N) is 3. The van der Waals surface area contributed by atoms with Crippen LogP contribution in [0, 0.1) is 0 Å². The number of benzene rings is 8. The van der Waals surface area contributed by atoms with Crippen LogP contribution >= 0.6 is 0 Å². The van der Waals surface area contributed by atoms with Gasteiger partial charge in [0.25, 0.3) is 0 Å². The van der Waals surface area contributed by atoms with Crippen molar-refractivity contribution in [1.82, 2.24) is 15.0 Å². The summed E-state index contributed by atoms with van der Waals surface area (Å²) in [6, 6.07) is 66.0. The SMILES string of the molecule is CC1(C)c2ccccc2-c2c(-c3ccc(-c4ccc5oc6cccc(-c7nc(-c8ccccc8)nc(-c8ccccc8-c8ccccc8)n7)c6c5c4)cc3)cccc21. The highest BCUT2D eigenvalue weighted by molar-refractivity contribution is 6.13. The molecule has 274 valence electrons.